The first kappa shape index (κ1) is 49.3. The molecular weight excluding hydrogens is 899 g/mol. The van der Waals surface area contributed by atoms with E-state index in [-0.39, 0.29) is 48.9 Å². The second-order valence-corrected chi connectivity index (χ2v) is 27.6. The van der Waals surface area contributed by atoms with E-state index in [2.05, 4.69) is 34.9 Å². The number of hydrogen-bond acceptors (Lipinski definition) is 12. The van der Waals surface area contributed by atoms with E-state index in [4.69, 9.17) is 19.3 Å². The van der Waals surface area contributed by atoms with E-state index in [0.717, 1.165) is 5.56 Å². The van der Waals surface area contributed by atoms with Gasteiger partial charge in [-0.05, 0) is 114 Å². The van der Waals surface area contributed by atoms with Gasteiger partial charge in [-0.25, -0.2) is 21.6 Å². The van der Waals surface area contributed by atoms with Crippen molar-refractivity contribution in [3.8, 4) is 39.8 Å². The highest BCUT2D eigenvalue weighted by Crippen LogP contribution is 2.42. The van der Waals surface area contributed by atoms with E-state index in [1.807, 2.05) is 12.1 Å². The Labute approximate surface area is 388 Å². The van der Waals surface area contributed by atoms with E-state index in [0.29, 0.717) is 45.7 Å². The van der Waals surface area contributed by atoms with Crippen LogP contribution in [0, 0.1) is 0 Å². The molecule has 19 heteroatoms. The number of methoxy groups -OCH3 is 3. The number of amides is 1. The van der Waals surface area contributed by atoms with E-state index >= 15 is 8.42 Å². The molecule has 0 aliphatic carbocycles. The van der Waals surface area contributed by atoms with Gasteiger partial charge in [-0.3, -0.25) is 9.88 Å². The van der Waals surface area contributed by atoms with Gasteiger partial charge in [0.2, 0.25) is 15.8 Å². The van der Waals surface area contributed by atoms with Crippen molar-refractivity contribution >= 4 is 34.0 Å². The largest absolute Gasteiger partial charge is 0.497 e. The minimum absolute atomic E-state index is 0.0931. The molecule has 350 valence electrons. The van der Waals surface area contributed by atoms with Crippen LogP contribution in [0.5, 0.6) is 17.2 Å². The zero-order valence-electron chi connectivity index (χ0n) is 38.7. The monoisotopic (exact) mass is 955 g/mol. The molecule has 0 atom stereocenters. The Morgan fingerprint density at radius 3 is 1.76 bits per heavy atom. The smallest absolute Gasteiger partial charge is 0.408 e. The number of nitrogens with zero attached hydrogens (tertiary/aromatic N) is 7. The van der Waals surface area contributed by atoms with Crippen molar-refractivity contribution in [1.29, 1.82) is 0 Å². The van der Waals surface area contributed by atoms with Crippen molar-refractivity contribution in [2.24, 2.45) is 0 Å². The molecule has 66 heavy (non-hydrogen) atoms. The maximum atomic E-state index is 16.0. The Hall–Kier alpha value is -6.15. The van der Waals surface area contributed by atoms with Gasteiger partial charge in [0.1, 0.15) is 22.1 Å². The van der Waals surface area contributed by atoms with E-state index in [1.54, 1.807) is 107 Å². The van der Waals surface area contributed by atoms with Crippen LogP contribution < -0.4 is 14.2 Å². The molecule has 0 fully saturated rings. The normalized spacial score (nSPS) is 12.3. The van der Waals surface area contributed by atoms with Crippen LogP contribution in [-0.2, 0) is 46.0 Å². The van der Waals surface area contributed by atoms with Gasteiger partial charge >= 0.3 is 6.09 Å². The van der Waals surface area contributed by atoms with E-state index in [1.165, 1.54) is 40.5 Å². The average molecular weight is 956 g/mol. The fourth-order valence-electron chi connectivity index (χ4n) is 7.09. The zero-order valence-corrected chi connectivity index (χ0v) is 41.4. The molecule has 0 bridgehead atoms. The first-order valence-corrected chi connectivity index (χ1v) is 27.9. The molecule has 6 aromatic rings. The Balaban J connectivity index is 1.65. The number of pyridine rings is 1. The van der Waals surface area contributed by atoms with E-state index < -0.39 is 49.4 Å². The third kappa shape index (κ3) is 12.0. The van der Waals surface area contributed by atoms with Gasteiger partial charge in [0.15, 0.2) is 9.84 Å². The molecule has 2 heterocycles. The number of tetrazole rings is 1. The summed E-state index contributed by atoms with van der Waals surface area (Å²) in [4.78, 5) is 18.6. The number of sulfone groups is 1. The van der Waals surface area contributed by atoms with Crippen LogP contribution in [0.4, 0.5) is 4.79 Å². The summed E-state index contributed by atoms with van der Waals surface area (Å²) in [5, 5.41) is 23.7. The third-order valence-corrected chi connectivity index (χ3v) is 16.7. The highest BCUT2D eigenvalue weighted by atomic mass is 32.2. The summed E-state index contributed by atoms with van der Waals surface area (Å²) in [6, 6.07) is 27.7. The van der Waals surface area contributed by atoms with Crippen molar-refractivity contribution in [3.63, 3.8) is 0 Å². The predicted molar refractivity (Wildman–Crippen MR) is 255 cm³/mol. The van der Waals surface area contributed by atoms with Crippen LogP contribution in [0.2, 0.25) is 25.7 Å². The predicted octanol–water partition coefficient (Wildman–Crippen LogP) is 8.26. The highest BCUT2D eigenvalue weighted by Gasteiger charge is 2.38. The Morgan fingerprint density at radius 1 is 0.742 bits per heavy atom. The van der Waals surface area contributed by atoms with Gasteiger partial charge in [-0.1, -0.05) is 62.1 Å². The summed E-state index contributed by atoms with van der Waals surface area (Å²) in [7, 11) is -6.51. The van der Waals surface area contributed by atoms with Crippen LogP contribution in [0.15, 0.2) is 113 Å². The lowest BCUT2D eigenvalue weighted by molar-refractivity contribution is 0.0947. The molecule has 0 radical (unpaired) electrons. The van der Waals surface area contributed by atoms with Crippen molar-refractivity contribution in [1.82, 2.24) is 34.4 Å². The number of benzene rings is 4. The lowest BCUT2D eigenvalue weighted by atomic mass is 9.99. The van der Waals surface area contributed by atoms with Gasteiger partial charge in [-0.15, -0.1) is 10.2 Å². The second-order valence-electron chi connectivity index (χ2n) is 18.0. The highest BCUT2D eigenvalue weighted by molar-refractivity contribution is 7.93. The van der Waals surface area contributed by atoms with Gasteiger partial charge in [-0.2, -0.15) is 9.10 Å². The van der Waals surface area contributed by atoms with Gasteiger partial charge < -0.3 is 19.3 Å². The van der Waals surface area contributed by atoms with Gasteiger partial charge in [0.05, 0.1) is 56.3 Å². The molecular formula is C47H57N7O9S2Si. The molecule has 1 N–H and O–H groups in total. The quantitative estimate of drug-likeness (QED) is 0.0763. The molecule has 0 spiro atoms. The van der Waals surface area contributed by atoms with Crippen LogP contribution in [-0.4, -0.2) is 103 Å². The molecule has 0 saturated carbocycles. The average Bonchev–Trinajstić information content (AvgIpc) is 3.75. The van der Waals surface area contributed by atoms with Gasteiger partial charge in [0, 0.05) is 32.9 Å². The van der Waals surface area contributed by atoms with Crippen LogP contribution in [0.3, 0.4) is 0 Å². The SMILES string of the molecule is COc1ccc(CN(Cc2ccc(OC)cc2)S(=O)(=O)c2c(S(=O)(=O)CC[Si](C)(C)C)ccc(-c3ccnc(CN(C(=O)O)C(C)(C)C)c3)c2-c2nnn(Cc3ccc(OC)cc3)n2)cc1. The first-order valence-electron chi connectivity index (χ1n) is 21.1. The van der Waals surface area contributed by atoms with Crippen molar-refractivity contribution in [2.75, 3.05) is 27.1 Å². The maximum absolute atomic E-state index is 16.0. The molecule has 6 rings (SSSR count). The van der Waals surface area contributed by atoms with E-state index in [9.17, 15) is 18.3 Å². The number of aromatic nitrogens is 5. The summed E-state index contributed by atoms with van der Waals surface area (Å²) >= 11 is 0. The molecule has 0 saturated heterocycles. The summed E-state index contributed by atoms with van der Waals surface area (Å²) < 4.78 is 79.1. The Kier molecular flexibility index (Phi) is 15.0. The van der Waals surface area contributed by atoms with Crippen LogP contribution in [0.25, 0.3) is 22.5 Å². The standard InChI is InChI=1S/C47H57N7O9S2Si/c1-47(2,3)53(46(55)56)32-37-28-36(24-25-48-37)41-22-23-42(64(57,58)26-27-66(7,8)9)44(43(41)45-49-51-54(50-45)31-35-14-20-40(63-6)21-15-35)65(59,60)52(29-33-10-16-38(61-4)17-11-33)30-34-12-18-39(62-5)19-13-34/h10-25,28H,26-27,29-32H2,1-9H3,(H,55,56). The maximum Gasteiger partial charge on any atom is 0.408 e. The molecule has 4 aromatic carbocycles. The fraction of sp³-hybridized carbons (Fsp3) is 0.340. The lowest BCUT2D eigenvalue weighted by Gasteiger charge is -2.32. The summed E-state index contributed by atoms with van der Waals surface area (Å²) in [5.41, 5.74) is 2.17. The lowest BCUT2D eigenvalue weighted by Crippen LogP contribution is -2.44. The fourth-order valence-corrected chi connectivity index (χ4v) is 13.9. The molecule has 0 unspecified atom stereocenters. The summed E-state index contributed by atoms with van der Waals surface area (Å²) in [5.74, 6) is 1.35. The van der Waals surface area contributed by atoms with Crippen molar-refractivity contribution < 1.29 is 40.9 Å². The molecule has 16 nitrogen and oxygen atoms in total. The molecule has 2 aromatic heterocycles. The molecule has 0 aliphatic heterocycles. The van der Waals surface area contributed by atoms with Crippen molar-refractivity contribution in [2.45, 2.75) is 88.0 Å². The van der Waals surface area contributed by atoms with Crippen LogP contribution >= 0.6 is 0 Å². The second kappa shape index (κ2) is 20.2. The van der Waals surface area contributed by atoms with Crippen molar-refractivity contribution in [3.05, 3.63) is 126 Å². The summed E-state index contributed by atoms with van der Waals surface area (Å²) in [6.45, 7) is 11.2. The third-order valence-electron chi connectivity index (χ3n) is 10.9. The molecule has 1 amide bonds. The number of sulfonamides is 1. The van der Waals surface area contributed by atoms with Crippen LogP contribution in [0.1, 0.15) is 43.2 Å². The Bertz CT molecular complexity index is 2810. The zero-order chi connectivity index (χ0) is 48.0. The molecule has 0 aliphatic rings. The number of hydrogen-bond donors (Lipinski definition) is 1. The topological polar surface area (TPSA) is 196 Å². The minimum Gasteiger partial charge on any atom is -0.497 e. The number of rotatable bonds is 19. The number of ether oxygens (including phenoxy) is 3. The summed E-state index contributed by atoms with van der Waals surface area (Å²) in [6.07, 6.45) is 0.348. The minimum atomic E-state index is -4.85. The van der Waals surface area contributed by atoms with Gasteiger partial charge in [0.25, 0.3) is 0 Å². The number of carbonyl (C=O) groups is 1. The number of carboxylic acid groups (broad SMARTS) is 1. The first-order chi connectivity index (χ1) is 31.1. The Morgan fingerprint density at radius 2 is 1.27 bits per heavy atom.